The Morgan fingerprint density at radius 3 is 2.68 bits per heavy atom. The molecule has 0 fully saturated rings. The van der Waals surface area contributed by atoms with Gasteiger partial charge in [0.15, 0.2) is 11.5 Å². The molecule has 10 heteroatoms. The van der Waals surface area contributed by atoms with Crippen molar-refractivity contribution in [2.45, 2.75) is 17.9 Å². The molecule has 144 valence electrons. The third kappa shape index (κ3) is 4.39. The van der Waals surface area contributed by atoms with E-state index < -0.39 is 6.29 Å². The van der Waals surface area contributed by atoms with E-state index in [2.05, 4.69) is 25.0 Å². The van der Waals surface area contributed by atoms with Crippen molar-refractivity contribution in [1.29, 1.82) is 0 Å². The molecule has 2 aromatic carbocycles. The Balaban J connectivity index is 1.30. The summed E-state index contributed by atoms with van der Waals surface area (Å²) in [6, 6.07) is 13.7. The molecule has 1 aliphatic rings. The molecule has 0 radical (unpaired) electrons. The van der Waals surface area contributed by atoms with Crippen LogP contribution in [0.1, 0.15) is 11.5 Å². The van der Waals surface area contributed by atoms with Gasteiger partial charge in [0, 0.05) is 11.8 Å². The Bertz CT molecular complexity index is 998. The summed E-state index contributed by atoms with van der Waals surface area (Å²) in [6.07, 6.45) is -3.20. The number of nitrogens with one attached hydrogen (secondary N) is 1. The van der Waals surface area contributed by atoms with Gasteiger partial charge in [-0.15, -0.1) is 19.0 Å². The van der Waals surface area contributed by atoms with E-state index in [4.69, 9.17) is 4.42 Å². The maximum atomic E-state index is 13.0. The molecule has 1 aromatic heterocycles. The lowest BCUT2D eigenvalue weighted by atomic mass is 10.2. The van der Waals surface area contributed by atoms with Crippen molar-refractivity contribution in [2.24, 2.45) is 0 Å². The van der Waals surface area contributed by atoms with Crippen LogP contribution in [-0.2, 0) is 11.2 Å². The zero-order chi connectivity index (χ0) is 19.6. The summed E-state index contributed by atoms with van der Waals surface area (Å²) in [6.45, 7) is 0. The number of alkyl halides is 2. The first-order valence-electron chi connectivity index (χ1n) is 8.16. The van der Waals surface area contributed by atoms with Gasteiger partial charge >= 0.3 is 6.29 Å². The number of fused-ring (bicyclic) bond motifs is 1. The molecule has 3 aromatic rings. The summed E-state index contributed by atoms with van der Waals surface area (Å²) >= 11 is 1.08. The van der Waals surface area contributed by atoms with Gasteiger partial charge in [-0.2, -0.15) is 0 Å². The quantitative estimate of drug-likeness (QED) is 0.626. The Kier molecular flexibility index (Phi) is 4.86. The zero-order valence-electron chi connectivity index (χ0n) is 14.2. The monoisotopic (exact) mass is 405 g/mol. The molecule has 1 aliphatic heterocycles. The first kappa shape index (κ1) is 18.2. The molecule has 0 unspecified atom stereocenters. The summed E-state index contributed by atoms with van der Waals surface area (Å²) in [4.78, 5) is 12.1. The van der Waals surface area contributed by atoms with Crippen LogP contribution < -0.4 is 14.8 Å². The molecule has 1 N–H and O–H groups in total. The van der Waals surface area contributed by atoms with Crippen molar-refractivity contribution in [3.63, 3.8) is 0 Å². The number of anilines is 1. The van der Waals surface area contributed by atoms with E-state index in [1.54, 1.807) is 0 Å². The van der Waals surface area contributed by atoms with E-state index >= 15 is 0 Å². The van der Waals surface area contributed by atoms with Crippen LogP contribution >= 0.6 is 11.8 Å². The Morgan fingerprint density at radius 2 is 1.86 bits per heavy atom. The number of hydrogen-bond acceptors (Lipinski definition) is 7. The maximum absolute atomic E-state index is 13.0. The largest absolute Gasteiger partial charge is 0.586 e. The zero-order valence-corrected chi connectivity index (χ0v) is 15.0. The summed E-state index contributed by atoms with van der Waals surface area (Å²) in [7, 11) is 0. The molecule has 4 rings (SSSR count). The number of nitrogens with zero attached hydrogens (tertiary/aromatic N) is 2. The lowest BCUT2D eigenvalue weighted by molar-refractivity contribution is -0.286. The normalized spacial score (nSPS) is 14.1. The van der Waals surface area contributed by atoms with Crippen LogP contribution in [0.25, 0.3) is 0 Å². The highest BCUT2D eigenvalue weighted by atomic mass is 32.2. The summed E-state index contributed by atoms with van der Waals surface area (Å²) < 4.78 is 40.2. The van der Waals surface area contributed by atoms with Crippen molar-refractivity contribution in [3.8, 4) is 11.5 Å². The van der Waals surface area contributed by atoms with Gasteiger partial charge in [-0.1, -0.05) is 42.1 Å². The molecule has 2 heterocycles. The third-order valence-electron chi connectivity index (χ3n) is 3.66. The highest BCUT2D eigenvalue weighted by Gasteiger charge is 2.43. The summed E-state index contributed by atoms with van der Waals surface area (Å²) in [5, 5.41) is 10.7. The SMILES string of the molecule is O=C(CSc1nnc(Cc2ccccc2)o1)Nc1ccc2c(c1)OC(F)(F)O2. The lowest BCUT2D eigenvalue weighted by Crippen LogP contribution is -2.25. The maximum Gasteiger partial charge on any atom is 0.586 e. The first-order chi connectivity index (χ1) is 13.5. The predicted molar refractivity (Wildman–Crippen MR) is 95.5 cm³/mol. The lowest BCUT2D eigenvalue weighted by Gasteiger charge is -2.05. The highest BCUT2D eigenvalue weighted by molar-refractivity contribution is 7.99. The highest BCUT2D eigenvalue weighted by Crippen LogP contribution is 2.42. The molecule has 0 atom stereocenters. The van der Waals surface area contributed by atoms with Gasteiger partial charge in [0.25, 0.3) is 5.22 Å². The number of aromatic nitrogens is 2. The van der Waals surface area contributed by atoms with Crippen molar-refractivity contribution >= 4 is 23.4 Å². The number of amides is 1. The average molecular weight is 405 g/mol. The molecule has 28 heavy (non-hydrogen) atoms. The molecule has 0 bridgehead atoms. The smallest absolute Gasteiger partial charge is 0.416 e. The molecule has 0 saturated heterocycles. The molecule has 0 spiro atoms. The van der Waals surface area contributed by atoms with Crippen molar-refractivity contribution in [2.75, 3.05) is 11.1 Å². The fourth-order valence-electron chi connectivity index (χ4n) is 2.49. The molecular formula is C18H13F2N3O4S. The number of ether oxygens (including phenoxy) is 2. The Hall–Kier alpha value is -3.14. The van der Waals surface area contributed by atoms with Crippen LogP contribution in [0.3, 0.4) is 0 Å². The minimum absolute atomic E-state index is 0.0115. The van der Waals surface area contributed by atoms with Crippen LogP contribution in [0.5, 0.6) is 11.5 Å². The average Bonchev–Trinajstić information content (AvgIpc) is 3.22. The molecule has 0 saturated carbocycles. The molecule has 1 amide bonds. The van der Waals surface area contributed by atoms with Gasteiger partial charge < -0.3 is 19.2 Å². The standard InChI is InChI=1S/C18H13F2N3O4S/c19-18(20)26-13-7-6-12(9-14(13)27-18)21-15(24)10-28-17-23-22-16(25-17)8-11-4-2-1-3-5-11/h1-7,9H,8,10H2,(H,21,24). The second kappa shape index (κ2) is 7.47. The van der Waals surface area contributed by atoms with Crippen LogP contribution in [0, 0.1) is 0 Å². The minimum atomic E-state index is -3.70. The van der Waals surface area contributed by atoms with E-state index in [0.29, 0.717) is 18.0 Å². The van der Waals surface area contributed by atoms with Crippen molar-refractivity contribution in [1.82, 2.24) is 10.2 Å². The number of carbonyl (C=O) groups excluding carboxylic acids is 1. The predicted octanol–water partition coefficient (Wildman–Crippen LogP) is 3.71. The van der Waals surface area contributed by atoms with Crippen molar-refractivity contribution in [3.05, 3.63) is 60.0 Å². The number of carbonyl (C=O) groups is 1. The fourth-order valence-corrected chi connectivity index (χ4v) is 3.07. The van der Waals surface area contributed by atoms with E-state index in [0.717, 1.165) is 17.3 Å². The summed E-state index contributed by atoms with van der Waals surface area (Å²) in [5.41, 5.74) is 1.34. The van der Waals surface area contributed by atoms with Gasteiger partial charge in [-0.3, -0.25) is 4.79 Å². The van der Waals surface area contributed by atoms with Crippen LogP contribution in [-0.4, -0.2) is 28.2 Å². The second-order valence-electron chi connectivity index (χ2n) is 5.79. The third-order valence-corrected chi connectivity index (χ3v) is 4.48. The van der Waals surface area contributed by atoms with Crippen LogP contribution in [0.4, 0.5) is 14.5 Å². The second-order valence-corrected chi connectivity index (χ2v) is 6.72. The fraction of sp³-hybridized carbons (Fsp3) is 0.167. The first-order valence-corrected chi connectivity index (χ1v) is 9.14. The van der Waals surface area contributed by atoms with Gasteiger partial charge in [-0.05, 0) is 17.7 Å². The minimum Gasteiger partial charge on any atom is -0.416 e. The van der Waals surface area contributed by atoms with Crippen LogP contribution in [0.15, 0.2) is 58.2 Å². The Morgan fingerprint density at radius 1 is 1.07 bits per heavy atom. The van der Waals surface area contributed by atoms with Crippen molar-refractivity contribution < 1.29 is 27.5 Å². The number of thioether (sulfide) groups is 1. The molecule has 7 nitrogen and oxygen atoms in total. The Labute approximate surface area is 162 Å². The van der Waals surface area contributed by atoms with Gasteiger partial charge in [-0.25, -0.2) is 0 Å². The number of hydrogen-bond donors (Lipinski definition) is 1. The topological polar surface area (TPSA) is 86.5 Å². The van der Waals surface area contributed by atoms with E-state index in [1.807, 2.05) is 30.3 Å². The van der Waals surface area contributed by atoms with E-state index in [-0.39, 0.29) is 28.4 Å². The number of halogens is 2. The number of rotatable bonds is 6. The van der Waals surface area contributed by atoms with Crippen LogP contribution in [0.2, 0.25) is 0 Å². The van der Waals surface area contributed by atoms with Gasteiger partial charge in [0.1, 0.15) is 0 Å². The molecule has 0 aliphatic carbocycles. The van der Waals surface area contributed by atoms with E-state index in [9.17, 15) is 13.6 Å². The van der Waals surface area contributed by atoms with E-state index in [1.165, 1.54) is 18.2 Å². The van der Waals surface area contributed by atoms with Gasteiger partial charge in [0.05, 0.1) is 12.2 Å². The van der Waals surface area contributed by atoms with Gasteiger partial charge in [0.2, 0.25) is 11.8 Å². The molecular weight excluding hydrogens is 392 g/mol. The number of benzene rings is 2. The summed E-state index contributed by atoms with van der Waals surface area (Å²) in [5.74, 6) is -0.131.